The molecule has 24 heavy (non-hydrogen) atoms. The standard InChI is InChI=1S/C20H23NO3/c1-4-17(16-11-12-18(23-2)19(14-16)24-3)21-20(22)13-10-15-8-6-5-7-9-15/h5-14,17H,4H2,1-3H3,(H,21,22)/b13-10+/t17-/m1/s1. The molecule has 0 saturated carbocycles. The van der Waals surface area contributed by atoms with E-state index in [-0.39, 0.29) is 11.9 Å². The predicted molar refractivity (Wildman–Crippen MR) is 96.2 cm³/mol. The van der Waals surface area contributed by atoms with Crippen LogP contribution in [0.5, 0.6) is 11.5 Å². The third kappa shape index (κ3) is 4.62. The number of methoxy groups -OCH3 is 2. The maximum Gasteiger partial charge on any atom is 0.244 e. The van der Waals surface area contributed by atoms with Gasteiger partial charge in [-0.05, 0) is 35.8 Å². The summed E-state index contributed by atoms with van der Waals surface area (Å²) in [6.45, 7) is 2.03. The first-order valence-electron chi connectivity index (χ1n) is 7.93. The minimum atomic E-state index is -0.125. The van der Waals surface area contributed by atoms with E-state index in [2.05, 4.69) is 5.32 Å². The quantitative estimate of drug-likeness (QED) is 0.783. The van der Waals surface area contributed by atoms with Crippen LogP contribution >= 0.6 is 0 Å². The molecule has 0 fully saturated rings. The number of nitrogens with one attached hydrogen (secondary N) is 1. The lowest BCUT2D eigenvalue weighted by molar-refractivity contribution is -0.117. The second-order valence-corrected chi connectivity index (χ2v) is 5.33. The van der Waals surface area contributed by atoms with E-state index in [4.69, 9.17) is 9.47 Å². The van der Waals surface area contributed by atoms with Crippen molar-refractivity contribution in [3.05, 3.63) is 65.7 Å². The Kier molecular flexibility index (Phi) is 6.43. The van der Waals surface area contributed by atoms with Crippen molar-refractivity contribution in [1.82, 2.24) is 5.32 Å². The summed E-state index contributed by atoms with van der Waals surface area (Å²) < 4.78 is 10.6. The highest BCUT2D eigenvalue weighted by atomic mass is 16.5. The van der Waals surface area contributed by atoms with E-state index >= 15 is 0 Å². The van der Waals surface area contributed by atoms with Crippen LogP contribution in [0.15, 0.2) is 54.6 Å². The molecule has 4 heteroatoms. The molecule has 0 radical (unpaired) electrons. The molecule has 2 aromatic rings. The van der Waals surface area contributed by atoms with E-state index in [1.165, 1.54) is 0 Å². The van der Waals surface area contributed by atoms with E-state index < -0.39 is 0 Å². The van der Waals surface area contributed by atoms with Gasteiger partial charge < -0.3 is 14.8 Å². The molecule has 0 saturated heterocycles. The molecule has 0 aromatic heterocycles. The number of hydrogen-bond donors (Lipinski definition) is 1. The average Bonchev–Trinajstić information content (AvgIpc) is 2.64. The van der Waals surface area contributed by atoms with Crippen molar-refractivity contribution in [2.24, 2.45) is 0 Å². The van der Waals surface area contributed by atoms with Gasteiger partial charge in [0.25, 0.3) is 0 Å². The number of carbonyl (C=O) groups is 1. The summed E-state index contributed by atoms with van der Waals surface area (Å²) in [5.41, 5.74) is 1.98. The third-order valence-corrected chi connectivity index (χ3v) is 3.76. The molecule has 4 nitrogen and oxygen atoms in total. The monoisotopic (exact) mass is 325 g/mol. The Labute approximate surface area is 143 Å². The Hall–Kier alpha value is -2.75. The van der Waals surface area contributed by atoms with Crippen LogP contribution in [0.25, 0.3) is 6.08 Å². The number of rotatable bonds is 7. The molecule has 0 spiro atoms. The average molecular weight is 325 g/mol. The summed E-state index contributed by atoms with van der Waals surface area (Å²) in [5.74, 6) is 1.20. The zero-order valence-corrected chi connectivity index (χ0v) is 14.3. The van der Waals surface area contributed by atoms with Gasteiger partial charge in [0.1, 0.15) is 0 Å². The summed E-state index contributed by atoms with van der Waals surface area (Å²) in [6, 6.07) is 15.3. The van der Waals surface area contributed by atoms with Crippen LogP contribution in [0, 0.1) is 0 Å². The molecular weight excluding hydrogens is 302 g/mol. The number of amides is 1. The van der Waals surface area contributed by atoms with Crippen LogP contribution < -0.4 is 14.8 Å². The van der Waals surface area contributed by atoms with Gasteiger partial charge in [-0.25, -0.2) is 0 Å². The van der Waals surface area contributed by atoms with E-state index in [1.807, 2.05) is 55.5 Å². The molecule has 0 heterocycles. The molecule has 2 rings (SSSR count). The minimum absolute atomic E-state index is 0.0854. The third-order valence-electron chi connectivity index (χ3n) is 3.76. The fourth-order valence-corrected chi connectivity index (χ4v) is 2.45. The Morgan fingerprint density at radius 3 is 2.42 bits per heavy atom. The molecular formula is C20H23NO3. The van der Waals surface area contributed by atoms with Crippen molar-refractivity contribution < 1.29 is 14.3 Å². The van der Waals surface area contributed by atoms with Gasteiger partial charge in [-0.15, -0.1) is 0 Å². The molecule has 0 aliphatic carbocycles. The van der Waals surface area contributed by atoms with E-state index in [0.29, 0.717) is 11.5 Å². The van der Waals surface area contributed by atoms with Crippen molar-refractivity contribution in [2.45, 2.75) is 19.4 Å². The Morgan fingerprint density at radius 1 is 1.08 bits per heavy atom. The summed E-state index contributed by atoms with van der Waals surface area (Å²) in [4.78, 5) is 12.2. The highest BCUT2D eigenvalue weighted by molar-refractivity contribution is 5.92. The zero-order chi connectivity index (χ0) is 17.4. The first-order chi connectivity index (χ1) is 11.7. The minimum Gasteiger partial charge on any atom is -0.493 e. The summed E-state index contributed by atoms with van der Waals surface area (Å²) in [7, 11) is 3.20. The van der Waals surface area contributed by atoms with Crippen LogP contribution in [0.1, 0.15) is 30.5 Å². The topological polar surface area (TPSA) is 47.6 Å². The van der Waals surface area contributed by atoms with Crippen molar-refractivity contribution >= 4 is 12.0 Å². The Balaban J connectivity index is 2.08. The second-order valence-electron chi connectivity index (χ2n) is 5.33. The van der Waals surface area contributed by atoms with E-state index in [1.54, 1.807) is 26.4 Å². The summed E-state index contributed by atoms with van der Waals surface area (Å²) >= 11 is 0. The zero-order valence-electron chi connectivity index (χ0n) is 14.3. The van der Waals surface area contributed by atoms with Crippen molar-refractivity contribution in [3.63, 3.8) is 0 Å². The molecule has 1 N–H and O–H groups in total. The van der Waals surface area contributed by atoms with Crippen molar-refractivity contribution in [2.75, 3.05) is 14.2 Å². The second kappa shape index (κ2) is 8.77. The fourth-order valence-electron chi connectivity index (χ4n) is 2.45. The lowest BCUT2D eigenvalue weighted by Gasteiger charge is -2.18. The number of benzene rings is 2. The SMILES string of the molecule is CC[C@@H](NC(=O)/C=C/c1ccccc1)c1ccc(OC)c(OC)c1. The largest absolute Gasteiger partial charge is 0.493 e. The smallest absolute Gasteiger partial charge is 0.244 e. The summed E-state index contributed by atoms with van der Waals surface area (Å²) in [5, 5.41) is 3.02. The van der Waals surface area contributed by atoms with E-state index in [9.17, 15) is 4.79 Å². The highest BCUT2D eigenvalue weighted by Crippen LogP contribution is 2.30. The van der Waals surface area contributed by atoms with E-state index in [0.717, 1.165) is 17.5 Å². The molecule has 1 amide bonds. The van der Waals surface area contributed by atoms with Gasteiger partial charge in [0, 0.05) is 6.08 Å². The van der Waals surface area contributed by atoms with Crippen LogP contribution in [0.2, 0.25) is 0 Å². The molecule has 0 bridgehead atoms. The van der Waals surface area contributed by atoms with Gasteiger partial charge in [0.15, 0.2) is 11.5 Å². The van der Waals surface area contributed by atoms with Gasteiger partial charge in [-0.3, -0.25) is 4.79 Å². The molecule has 1 atom stereocenters. The predicted octanol–water partition coefficient (Wildman–Crippen LogP) is 3.98. The normalized spacial score (nSPS) is 12.0. The number of hydrogen-bond acceptors (Lipinski definition) is 3. The van der Waals surface area contributed by atoms with Crippen LogP contribution in [0.3, 0.4) is 0 Å². The highest BCUT2D eigenvalue weighted by Gasteiger charge is 2.14. The van der Waals surface area contributed by atoms with Crippen LogP contribution in [-0.4, -0.2) is 20.1 Å². The van der Waals surface area contributed by atoms with Gasteiger partial charge >= 0.3 is 0 Å². The Morgan fingerprint density at radius 2 is 1.79 bits per heavy atom. The van der Waals surface area contributed by atoms with Crippen molar-refractivity contribution in [3.8, 4) is 11.5 Å². The molecule has 0 aliphatic heterocycles. The molecule has 0 aliphatic rings. The van der Waals surface area contributed by atoms with Gasteiger partial charge in [-0.1, -0.05) is 43.3 Å². The van der Waals surface area contributed by atoms with Gasteiger partial charge in [0.2, 0.25) is 5.91 Å². The maximum atomic E-state index is 12.2. The number of ether oxygens (including phenoxy) is 2. The lowest BCUT2D eigenvalue weighted by Crippen LogP contribution is -2.26. The first-order valence-corrected chi connectivity index (χ1v) is 7.93. The van der Waals surface area contributed by atoms with Gasteiger partial charge in [-0.2, -0.15) is 0 Å². The van der Waals surface area contributed by atoms with Gasteiger partial charge in [0.05, 0.1) is 20.3 Å². The molecule has 2 aromatic carbocycles. The lowest BCUT2D eigenvalue weighted by atomic mass is 10.0. The Bertz CT molecular complexity index is 695. The number of carbonyl (C=O) groups excluding carboxylic acids is 1. The molecule has 0 unspecified atom stereocenters. The fraction of sp³-hybridized carbons (Fsp3) is 0.250. The van der Waals surface area contributed by atoms with Crippen LogP contribution in [0.4, 0.5) is 0 Å². The van der Waals surface area contributed by atoms with Crippen molar-refractivity contribution in [1.29, 1.82) is 0 Å². The van der Waals surface area contributed by atoms with Crippen LogP contribution in [-0.2, 0) is 4.79 Å². The summed E-state index contributed by atoms with van der Waals surface area (Å²) in [6.07, 6.45) is 4.13. The maximum absolute atomic E-state index is 12.2. The molecule has 126 valence electrons. The first kappa shape index (κ1) is 17.6.